The fourth-order valence-electron chi connectivity index (χ4n) is 1.94. The van der Waals surface area contributed by atoms with E-state index >= 15 is 0 Å². The summed E-state index contributed by atoms with van der Waals surface area (Å²) in [4.78, 5) is 7.58. The molecule has 0 aromatic carbocycles. The number of aromatic amines is 1. The maximum absolute atomic E-state index is 6.04. The Morgan fingerprint density at radius 1 is 1.32 bits per heavy atom. The molecule has 98 valence electrons. The number of imidazole rings is 1. The van der Waals surface area contributed by atoms with Gasteiger partial charge in [-0.1, -0.05) is 23.4 Å². The molecule has 0 radical (unpaired) electrons. The predicted molar refractivity (Wildman–Crippen MR) is 75.1 cm³/mol. The molecule has 0 bridgehead atoms. The third-order valence-electron chi connectivity index (χ3n) is 2.74. The van der Waals surface area contributed by atoms with Crippen LogP contribution in [0.3, 0.4) is 0 Å². The molecule has 0 saturated carbocycles. The first-order valence-electron chi connectivity index (χ1n) is 5.59. The van der Waals surface area contributed by atoms with Gasteiger partial charge in [-0.3, -0.25) is 0 Å². The van der Waals surface area contributed by atoms with E-state index in [1.54, 1.807) is 4.68 Å². The number of aromatic nitrogens is 6. The first-order valence-corrected chi connectivity index (χ1v) is 7.20. The zero-order valence-electron chi connectivity index (χ0n) is 10.6. The van der Waals surface area contributed by atoms with Crippen molar-refractivity contribution in [1.29, 1.82) is 0 Å². The van der Waals surface area contributed by atoms with E-state index in [0.717, 1.165) is 22.1 Å². The van der Waals surface area contributed by atoms with Gasteiger partial charge in [-0.15, -0.1) is 10.2 Å². The molecule has 3 rings (SSSR count). The van der Waals surface area contributed by atoms with E-state index in [1.165, 1.54) is 11.8 Å². The summed E-state index contributed by atoms with van der Waals surface area (Å²) in [7, 11) is 0. The summed E-state index contributed by atoms with van der Waals surface area (Å²) in [5.74, 6) is 0.609. The molecule has 3 aromatic heterocycles. The van der Waals surface area contributed by atoms with Gasteiger partial charge in [-0.05, 0) is 26.2 Å². The smallest absolute Gasteiger partial charge is 0.202 e. The summed E-state index contributed by atoms with van der Waals surface area (Å²) in [5.41, 5.74) is 3.27. The van der Waals surface area contributed by atoms with Crippen molar-refractivity contribution >= 4 is 34.4 Å². The summed E-state index contributed by atoms with van der Waals surface area (Å²) >= 11 is 7.54. The average Bonchev–Trinajstić information content (AvgIpc) is 2.94. The van der Waals surface area contributed by atoms with Gasteiger partial charge in [0.25, 0.3) is 0 Å². The molecule has 0 saturated heterocycles. The molecular formula is C11H11ClN6S. The highest BCUT2D eigenvalue weighted by molar-refractivity contribution is 7.98. The van der Waals surface area contributed by atoms with Crippen LogP contribution in [0.15, 0.2) is 11.2 Å². The van der Waals surface area contributed by atoms with Crippen LogP contribution in [-0.2, 0) is 0 Å². The molecule has 0 fully saturated rings. The average molecular weight is 295 g/mol. The molecule has 1 N–H and O–H groups in total. The van der Waals surface area contributed by atoms with Gasteiger partial charge in [0.2, 0.25) is 5.82 Å². The minimum Gasteiger partial charge on any atom is -0.330 e. The molecule has 3 aromatic rings. The summed E-state index contributed by atoms with van der Waals surface area (Å²) in [5, 5.41) is 13.6. The highest BCUT2D eigenvalue weighted by Crippen LogP contribution is 2.26. The Labute approximate surface area is 118 Å². The van der Waals surface area contributed by atoms with E-state index in [4.69, 9.17) is 11.6 Å². The number of rotatable bonds is 2. The molecule has 0 amide bonds. The molecular weight excluding hydrogens is 284 g/mol. The number of hydrogen-bond acceptors (Lipinski definition) is 5. The van der Waals surface area contributed by atoms with Crippen molar-refractivity contribution in [3.8, 4) is 5.82 Å². The lowest BCUT2D eigenvalue weighted by Crippen LogP contribution is -2.04. The van der Waals surface area contributed by atoms with Crippen molar-refractivity contribution in [2.75, 3.05) is 6.26 Å². The number of nitrogens with one attached hydrogen (secondary N) is 1. The lowest BCUT2D eigenvalue weighted by Gasteiger charge is -2.03. The van der Waals surface area contributed by atoms with Crippen molar-refractivity contribution in [3.05, 3.63) is 22.6 Å². The number of aryl methyl sites for hydroxylation is 2. The van der Waals surface area contributed by atoms with Crippen LogP contribution in [0.5, 0.6) is 0 Å². The minimum atomic E-state index is 0.289. The Hall–Kier alpha value is -1.60. The van der Waals surface area contributed by atoms with Gasteiger partial charge in [-0.25, -0.2) is 9.67 Å². The molecule has 0 aliphatic carbocycles. The van der Waals surface area contributed by atoms with Gasteiger partial charge in [0.15, 0.2) is 10.3 Å². The zero-order chi connectivity index (χ0) is 13.6. The summed E-state index contributed by atoms with van der Waals surface area (Å²) in [6, 6.07) is 1.98. The Balaban J connectivity index is 2.32. The predicted octanol–water partition coefficient (Wildman–Crippen LogP) is 2.53. The third-order valence-corrected chi connectivity index (χ3v) is 3.57. The number of hydrogen-bond donors (Lipinski definition) is 1. The summed E-state index contributed by atoms with van der Waals surface area (Å²) in [6.45, 7) is 3.90. The van der Waals surface area contributed by atoms with Crippen molar-refractivity contribution in [1.82, 2.24) is 29.9 Å². The van der Waals surface area contributed by atoms with Gasteiger partial charge >= 0.3 is 0 Å². The molecule has 8 heteroatoms. The number of thioether (sulfide) groups is 1. The lowest BCUT2D eigenvalue weighted by molar-refractivity contribution is 0.789. The van der Waals surface area contributed by atoms with Crippen molar-refractivity contribution < 1.29 is 0 Å². The SMILES string of the molecule is CSc1nc2c(Cl)nnc(-n3nc(C)cc3C)c2[nH]1. The first-order chi connectivity index (χ1) is 9.10. The van der Waals surface area contributed by atoms with Gasteiger partial charge in [0.05, 0.1) is 5.69 Å². The monoisotopic (exact) mass is 294 g/mol. The Morgan fingerprint density at radius 3 is 2.74 bits per heavy atom. The quantitative estimate of drug-likeness (QED) is 0.735. The minimum absolute atomic E-state index is 0.289. The molecule has 6 nitrogen and oxygen atoms in total. The highest BCUT2D eigenvalue weighted by atomic mass is 35.5. The zero-order valence-corrected chi connectivity index (χ0v) is 12.2. The number of H-pyrrole nitrogens is 1. The van der Waals surface area contributed by atoms with Crippen LogP contribution in [0.25, 0.3) is 16.9 Å². The standard InChI is InChI=1S/C11H11ClN6S/c1-5-4-6(2)18(17-5)10-8-7(9(12)15-16-10)13-11(14-8)19-3/h4H,1-3H3,(H,13,14). The van der Waals surface area contributed by atoms with Crippen molar-refractivity contribution in [2.24, 2.45) is 0 Å². The van der Waals surface area contributed by atoms with Crippen LogP contribution in [0, 0.1) is 13.8 Å². The largest absolute Gasteiger partial charge is 0.330 e. The van der Waals surface area contributed by atoms with Crippen LogP contribution in [-0.4, -0.2) is 36.2 Å². The Bertz CT molecular complexity index is 762. The Morgan fingerprint density at radius 2 is 2.11 bits per heavy atom. The van der Waals surface area contributed by atoms with Crippen molar-refractivity contribution in [2.45, 2.75) is 19.0 Å². The topological polar surface area (TPSA) is 72.3 Å². The first kappa shape index (κ1) is 12.4. The van der Waals surface area contributed by atoms with E-state index in [2.05, 4.69) is 25.3 Å². The maximum atomic E-state index is 6.04. The normalized spacial score (nSPS) is 11.4. The molecule has 3 heterocycles. The van der Waals surface area contributed by atoms with Crippen LogP contribution >= 0.6 is 23.4 Å². The second-order valence-corrected chi connectivity index (χ2v) is 5.28. The molecule has 19 heavy (non-hydrogen) atoms. The molecule has 0 unspecified atom stereocenters. The maximum Gasteiger partial charge on any atom is 0.202 e. The van der Waals surface area contributed by atoms with E-state index in [-0.39, 0.29) is 5.15 Å². The molecule has 0 aliphatic heterocycles. The van der Waals surface area contributed by atoms with Crippen LogP contribution < -0.4 is 0 Å². The highest BCUT2D eigenvalue weighted by Gasteiger charge is 2.16. The molecule has 0 aliphatic rings. The van der Waals surface area contributed by atoms with E-state index in [1.807, 2.05) is 26.2 Å². The van der Waals surface area contributed by atoms with Gasteiger partial charge in [-0.2, -0.15) is 5.10 Å². The molecule has 0 spiro atoms. The van der Waals surface area contributed by atoms with Gasteiger partial charge in [0, 0.05) is 5.69 Å². The van der Waals surface area contributed by atoms with Gasteiger partial charge in [0.1, 0.15) is 11.0 Å². The van der Waals surface area contributed by atoms with Crippen LogP contribution in [0.2, 0.25) is 5.15 Å². The third kappa shape index (κ3) is 1.98. The van der Waals surface area contributed by atoms with Crippen molar-refractivity contribution in [3.63, 3.8) is 0 Å². The summed E-state index contributed by atoms with van der Waals surface area (Å²) < 4.78 is 1.74. The Kier molecular flexibility index (Phi) is 2.94. The van der Waals surface area contributed by atoms with Crippen LogP contribution in [0.1, 0.15) is 11.4 Å². The van der Waals surface area contributed by atoms with Gasteiger partial charge < -0.3 is 4.98 Å². The lowest BCUT2D eigenvalue weighted by atomic mass is 10.4. The van der Waals surface area contributed by atoms with E-state index < -0.39 is 0 Å². The summed E-state index contributed by atoms with van der Waals surface area (Å²) in [6.07, 6.45) is 1.94. The number of halogens is 1. The second kappa shape index (κ2) is 4.50. The van der Waals surface area contributed by atoms with E-state index in [0.29, 0.717) is 11.3 Å². The fourth-order valence-corrected chi connectivity index (χ4v) is 2.50. The second-order valence-electron chi connectivity index (χ2n) is 4.12. The number of nitrogens with zero attached hydrogens (tertiary/aromatic N) is 5. The fraction of sp³-hybridized carbons (Fsp3) is 0.273. The number of fused-ring (bicyclic) bond motifs is 1. The van der Waals surface area contributed by atoms with E-state index in [9.17, 15) is 0 Å². The van der Waals surface area contributed by atoms with Crippen LogP contribution in [0.4, 0.5) is 0 Å². The molecule has 0 atom stereocenters.